The SMILES string of the molecule is C[C@H](NC(=O)CSc1nnc(CCC(N)=O)n1C)c1ccc2c(c1)OCO2. The molecule has 0 aliphatic carbocycles. The molecule has 3 N–H and O–H groups in total. The lowest BCUT2D eigenvalue weighted by Gasteiger charge is -2.14. The van der Waals surface area contributed by atoms with Crippen LogP contribution in [0.15, 0.2) is 23.4 Å². The van der Waals surface area contributed by atoms with Gasteiger partial charge in [0, 0.05) is 19.9 Å². The van der Waals surface area contributed by atoms with Gasteiger partial charge in [0.25, 0.3) is 0 Å². The Morgan fingerprint density at radius 1 is 1.33 bits per heavy atom. The van der Waals surface area contributed by atoms with Gasteiger partial charge in [0.15, 0.2) is 16.7 Å². The van der Waals surface area contributed by atoms with E-state index in [4.69, 9.17) is 15.2 Å². The van der Waals surface area contributed by atoms with E-state index < -0.39 is 0 Å². The number of ether oxygens (including phenoxy) is 2. The summed E-state index contributed by atoms with van der Waals surface area (Å²) in [4.78, 5) is 23.1. The second-order valence-corrected chi connectivity index (χ2v) is 7.06. The van der Waals surface area contributed by atoms with Gasteiger partial charge in [-0.25, -0.2) is 0 Å². The second kappa shape index (κ2) is 8.30. The summed E-state index contributed by atoms with van der Waals surface area (Å²) < 4.78 is 12.4. The molecule has 0 unspecified atom stereocenters. The zero-order valence-electron chi connectivity index (χ0n) is 15.1. The highest BCUT2D eigenvalue weighted by molar-refractivity contribution is 7.99. The van der Waals surface area contributed by atoms with Gasteiger partial charge in [-0.3, -0.25) is 9.59 Å². The van der Waals surface area contributed by atoms with E-state index in [0.29, 0.717) is 28.9 Å². The lowest BCUT2D eigenvalue weighted by molar-refractivity contribution is -0.119. The first-order valence-electron chi connectivity index (χ1n) is 8.42. The fourth-order valence-corrected chi connectivity index (χ4v) is 3.34. The molecule has 0 spiro atoms. The number of carbonyl (C=O) groups is 2. The Hall–Kier alpha value is -2.75. The number of aryl methyl sites for hydroxylation is 1. The molecule has 144 valence electrons. The average Bonchev–Trinajstić information content (AvgIpc) is 3.24. The van der Waals surface area contributed by atoms with Crippen LogP contribution in [0.4, 0.5) is 0 Å². The molecule has 0 radical (unpaired) electrons. The quantitative estimate of drug-likeness (QED) is 0.642. The number of aromatic nitrogens is 3. The molecule has 0 fully saturated rings. The van der Waals surface area contributed by atoms with E-state index >= 15 is 0 Å². The minimum absolute atomic E-state index is 0.119. The first kappa shape index (κ1) is 19.0. The van der Waals surface area contributed by atoms with Crippen molar-refractivity contribution >= 4 is 23.6 Å². The normalized spacial score (nSPS) is 13.4. The largest absolute Gasteiger partial charge is 0.454 e. The Kier molecular flexibility index (Phi) is 5.84. The van der Waals surface area contributed by atoms with Gasteiger partial charge in [0.05, 0.1) is 11.8 Å². The van der Waals surface area contributed by atoms with Crippen molar-refractivity contribution in [2.24, 2.45) is 12.8 Å². The van der Waals surface area contributed by atoms with Gasteiger partial charge in [-0.05, 0) is 24.6 Å². The van der Waals surface area contributed by atoms with E-state index in [2.05, 4.69) is 15.5 Å². The summed E-state index contributed by atoms with van der Waals surface area (Å²) in [5, 5.41) is 11.7. The fraction of sp³-hybridized carbons (Fsp3) is 0.412. The number of nitrogens with one attached hydrogen (secondary N) is 1. The summed E-state index contributed by atoms with van der Waals surface area (Å²) in [5.74, 6) is 1.76. The van der Waals surface area contributed by atoms with E-state index in [9.17, 15) is 9.59 Å². The second-order valence-electron chi connectivity index (χ2n) is 6.11. The maximum Gasteiger partial charge on any atom is 0.231 e. The third-order valence-corrected chi connectivity index (χ3v) is 5.15. The van der Waals surface area contributed by atoms with Crippen molar-refractivity contribution in [2.75, 3.05) is 12.5 Å². The van der Waals surface area contributed by atoms with E-state index in [0.717, 1.165) is 5.56 Å². The molecular weight excluding hydrogens is 370 g/mol. The molecule has 2 amide bonds. The van der Waals surface area contributed by atoms with Crippen LogP contribution in [-0.4, -0.2) is 39.1 Å². The van der Waals surface area contributed by atoms with Crippen molar-refractivity contribution in [3.05, 3.63) is 29.6 Å². The summed E-state index contributed by atoms with van der Waals surface area (Å²) in [6.45, 7) is 2.12. The summed E-state index contributed by atoms with van der Waals surface area (Å²) in [5.41, 5.74) is 6.09. The molecule has 1 aliphatic rings. The van der Waals surface area contributed by atoms with Crippen LogP contribution in [-0.2, 0) is 23.1 Å². The number of nitrogens with zero attached hydrogens (tertiary/aromatic N) is 3. The monoisotopic (exact) mass is 391 g/mol. The number of hydrogen-bond donors (Lipinski definition) is 2. The highest BCUT2D eigenvalue weighted by Gasteiger charge is 2.18. The average molecular weight is 391 g/mol. The number of rotatable bonds is 8. The molecule has 10 heteroatoms. The Bertz CT molecular complexity index is 854. The number of nitrogens with two attached hydrogens (primary N) is 1. The first-order chi connectivity index (χ1) is 12.9. The molecule has 1 atom stereocenters. The third-order valence-electron chi connectivity index (χ3n) is 4.13. The van der Waals surface area contributed by atoms with Gasteiger partial charge < -0.3 is 25.1 Å². The van der Waals surface area contributed by atoms with Crippen LogP contribution in [0.2, 0.25) is 0 Å². The lowest BCUT2D eigenvalue weighted by atomic mass is 10.1. The number of thioether (sulfide) groups is 1. The van der Waals surface area contributed by atoms with Crippen LogP contribution >= 0.6 is 11.8 Å². The topological polar surface area (TPSA) is 121 Å². The van der Waals surface area contributed by atoms with Gasteiger partial charge in [-0.1, -0.05) is 17.8 Å². The van der Waals surface area contributed by atoms with Crippen molar-refractivity contribution in [3.8, 4) is 11.5 Å². The van der Waals surface area contributed by atoms with Gasteiger partial charge in [-0.15, -0.1) is 10.2 Å². The van der Waals surface area contributed by atoms with Gasteiger partial charge in [0.1, 0.15) is 5.82 Å². The molecule has 2 heterocycles. The van der Waals surface area contributed by atoms with E-state index in [1.54, 1.807) is 11.6 Å². The van der Waals surface area contributed by atoms with Gasteiger partial charge in [-0.2, -0.15) is 0 Å². The Morgan fingerprint density at radius 2 is 2.11 bits per heavy atom. The lowest BCUT2D eigenvalue weighted by Crippen LogP contribution is -2.28. The Labute approximate surface area is 160 Å². The number of carbonyl (C=O) groups excluding carboxylic acids is 2. The smallest absolute Gasteiger partial charge is 0.231 e. The summed E-state index contributed by atoms with van der Waals surface area (Å²) >= 11 is 1.28. The van der Waals surface area contributed by atoms with Gasteiger partial charge in [0.2, 0.25) is 18.6 Å². The number of fused-ring (bicyclic) bond motifs is 1. The van der Waals surface area contributed by atoms with Crippen molar-refractivity contribution in [1.29, 1.82) is 0 Å². The maximum atomic E-state index is 12.3. The van der Waals surface area contributed by atoms with E-state index in [-0.39, 0.29) is 36.8 Å². The van der Waals surface area contributed by atoms with Crippen LogP contribution in [0.3, 0.4) is 0 Å². The fourth-order valence-electron chi connectivity index (χ4n) is 2.60. The number of hydrogen-bond acceptors (Lipinski definition) is 7. The molecule has 1 aromatic carbocycles. The van der Waals surface area contributed by atoms with Crippen LogP contribution in [0.25, 0.3) is 0 Å². The Morgan fingerprint density at radius 3 is 2.89 bits per heavy atom. The standard InChI is InChI=1S/C17H21N5O4S/c1-10(11-3-4-12-13(7-11)26-9-25-12)19-16(24)8-27-17-21-20-15(22(17)2)6-5-14(18)23/h3-4,7,10H,5-6,8-9H2,1-2H3,(H2,18,23)(H,19,24)/t10-/m0/s1. The highest BCUT2D eigenvalue weighted by atomic mass is 32.2. The molecule has 0 saturated carbocycles. The molecule has 9 nitrogen and oxygen atoms in total. The number of amides is 2. The van der Waals surface area contributed by atoms with E-state index in [1.807, 2.05) is 25.1 Å². The summed E-state index contributed by atoms with van der Waals surface area (Å²) in [7, 11) is 1.80. The van der Waals surface area contributed by atoms with Crippen molar-refractivity contribution < 1.29 is 19.1 Å². The van der Waals surface area contributed by atoms with Crippen molar-refractivity contribution in [1.82, 2.24) is 20.1 Å². The zero-order valence-corrected chi connectivity index (χ0v) is 15.9. The van der Waals surface area contributed by atoms with Crippen LogP contribution < -0.4 is 20.5 Å². The molecule has 1 aliphatic heterocycles. The molecular formula is C17H21N5O4S. The third kappa shape index (κ3) is 4.70. The van der Waals surface area contributed by atoms with Crippen molar-refractivity contribution in [3.63, 3.8) is 0 Å². The van der Waals surface area contributed by atoms with Crippen molar-refractivity contribution in [2.45, 2.75) is 31.0 Å². The van der Waals surface area contributed by atoms with Crippen LogP contribution in [0.5, 0.6) is 11.5 Å². The predicted molar refractivity (Wildman–Crippen MR) is 98.4 cm³/mol. The predicted octanol–water partition coefficient (Wildman–Crippen LogP) is 0.931. The van der Waals surface area contributed by atoms with E-state index in [1.165, 1.54) is 11.8 Å². The summed E-state index contributed by atoms with van der Waals surface area (Å²) in [6, 6.07) is 5.44. The van der Waals surface area contributed by atoms with Crippen LogP contribution in [0.1, 0.15) is 30.8 Å². The number of benzene rings is 1. The molecule has 0 bridgehead atoms. The summed E-state index contributed by atoms with van der Waals surface area (Å²) in [6.07, 6.45) is 0.636. The molecule has 0 saturated heterocycles. The molecule has 2 aromatic rings. The minimum atomic E-state index is -0.385. The first-order valence-corrected chi connectivity index (χ1v) is 9.41. The highest BCUT2D eigenvalue weighted by Crippen LogP contribution is 2.34. The molecule has 3 rings (SSSR count). The Balaban J connectivity index is 1.51. The molecule has 27 heavy (non-hydrogen) atoms. The van der Waals surface area contributed by atoms with Crippen LogP contribution in [0, 0.1) is 0 Å². The molecule has 1 aromatic heterocycles. The maximum absolute atomic E-state index is 12.3. The zero-order chi connectivity index (χ0) is 19.4. The minimum Gasteiger partial charge on any atom is -0.454 e. The van der Waals surface area contributed by atoms with Gasteiger partial charge >= 0.3 is 0 Å². The number of primary amides is 1.